The molecule has 1 atom stereocenters. The lowest BCUT2D eigenvalue weighted by atomic mass is 10.3. The highest BCUT2D eigenvalue weighted by molar-refractivity contribution is 7.99. The van der Waals surface area contributed by atoms with Gasteiger partial charge in [0.2, 0.25) is 0 Å². The van der Waals surface area contributed by atoms with Gasteiger partial charge in [-0.1, -0.05) is 23.4 Å². The Kier molecular flexibility index (Phi) is 6.69. The molecule has 0 aliphatic carbocycles. The molecule has 2 heterocycles. The molecule has 160 valence electrons. The third-order valence-electron chi connectivity index (χ3n) is 4.37. The maximum absolute atomic E-state index is 12.8. The average molecular weight is 453 g/mol. The van der Waals surface area contributed by atoms with Crippen LogP contribution in [0.15, 0.2) is 39.0 Å². The number of fused-ring (bicyclic) bond motifs is 1. The van der Waals surface area contributed by atoms with E-state index in [-0.39, 0.29) is 35.9 Å². The molecule has 0 aliphatic heterocycles. The van der Waals surface area contributed by atoms with Crippen LogP contribution < -0.4 is 16.0 Å². The van der Waals surface area contributed by atoms with E-state index in [1.807, 2.05) is 0 Å². The normalized spacial score (nSPS) is 12.3. The zero-order chi connectivity index (χ0) is 22.0. The summed E-state index contributed by atoms with van der Waals surface area (Å²) in [5, 5.41) is 11.5. The van der Waals surface area contributed by atoms with Crippen molar-refractivity contribution in [2.24, 2.45) is 14.1 Å². The lowest BCUT2D eigenvalue weighted by molar-refractivity contribution is -0.114. The summed E-state index contributed by atoms with van der Waals surface area (Å²) in [4.78, 5) is 40.8. The Bertz CT molecular complexity index is 1200. The van der Waals surface area contributed by atoms with Crippen LogP contribution in [0.3, 0.4) is 0 Å². The van der Waals surface area contributed by atoms with E-state index in [1.165, 1.54) is 30.2 Å². The smallest absolute Gasteiger partial charge is 0.332 e. The van der Waals surface area contributed by atoms with E-state index in [0.29, 0.717) is 15.9 Å². The first-order valence-corrected chi connectivity index (χ1v) is 10.4. The number of ketones is 1. The van der Waals surface area contributed by atoms with Crippen LogP contribution in [0.5, 0.6) is 5.75 Å². The number of carbonyl (C=O) groups is 1. The van der Waals surface area contributed by atoms with Gasteiger partial charge < -0.3 is 14.4 Å². The van der Waals surface area contributed by atoms with Gasteiger partial charge in [0.25, 0.3) is 5.56 Å². The van der Waals surface area contributed by atoms with Crippen molar-refractivity contribution in [2.75, 3.05) is 12.4 Å². The number of thioether (sulfide) groups is 1. The van der Waals surface area contributed by atoms with Crippen LogP contribution in [0.1, 0.15) is 6.92 Å². The van der Waals surface area contributed by atoms with Gasteiger partial charge >= 0.3 is 5.69 Å². The lowest BCUT2D eigenvalue weighted by Gasteiger charge is -2.15. The quantitative estimate of drug-likeness (QED) is 0.511. The Morgan fingerprint density at radius 1 is 1.23 bits per heavy atom. The third kappa shape index (κ3) is 4.61. The van der Waals surface area contributed by atoms with Crippen molar-refractivity contribution in [3.8, 4) is 5.75 Å². The minimum absolute atomic E-state index is 0.00221. The van der Waals surface area contributed by atoms with Crippen molar-refractivity contribution >= 4 is 40.3 Å². The van der Waals surface area contributed by atoms with Gasteiger partial charge in [0.15, 0.2) is 16.3 Å². The van der Waals surface area contributed by atoms with Gasteiger partial charge in [-0.3, -0.25) is 18.7 Å². The largest absolute Gasteiger partial charge is 0.491 e. The van der Waals surface area contributed by atoms with E-state index in [1.54, 1.807) is 24.3 Å². The number of benzene rings is 1. The van der Waals surface area contributed by atoms with Gasteiger partial charge in [0.05, 0.1) is 12.3 Å². The fourth-order valence-electron chi connectivity index (χ4n) is 2.86. The number of aromatic nitrogens is 4. The molecule has 0 spiro atoms. The van der Waals surface area contributed by atoms with Gasteiger partial charge in [0, 0.05) is 19.1 Å². The second-order valence-corrected chi connectivity index (χ2v) is 8.17. The number of aliphatic hydroxyl groups excluding tert-OH is 1. The Morgan fingerprint density at radius 3 is 2.53 bits per heavy atom. The summed E-state index contributed by atoms with van der Waals surface area (Å²) >= 11 is 6.99. The van der Waals surface area contributed by atoms with E-state index in [0.717, 1.165) is 16.3 Å². The molecule has 1 N–H and O–H groups in total. The predicted octanol–water partition coefficient (Wildman–Crippen LogP) is 1.21. The minimum atomic E-state index is -0.975. The maximum atomic E-state index is 12.8. The molecule has 0 bridgehead atoms. The molecule has 3 aromatic rings. The predicted molar refractivity (Wildman–Crippen MR) is 115 cm³/mol. The second-order valence-electron chi connectivity index (χ2n) is 6.79. The van der Waals surface area contributed by atoms with Crippen molar-refractivity contribution in [1.29, 1.82) is 0 Å². The Labute approximate surface area is 180 Å². The Hall–Kier alpha value is -2.56. The molecule has 0 unspecified atom stereocenters. The lowest BCUT2D eigenvalue weighted by Crippen LogP contribution is -2.38. The average Bonchev–Trinajstić information content (AvgIpc) is 3.07. The molecular formula is C19H21ClN4O5S. The number of hydrogen-bond donors (Lipinski definition) is 1. The van der Waals surface area contributed by atoms with Gasteiger partial charge in [-0.25, -0.2) is 9.78 Å². The molecule has 0 amide bonds. The van der Waals surface area contributed by atoms with Crippen molar-refractivity contribution in [3.63, 3.8) is 0 Å². The number of aliphatic hydroxyl groups is 1. The summed E-state index contributed by atoms with van der Waals surface area (Å²) in [6, 6.07) is 6.71. The van der Waals surface area contributed by atoms with E-state index >= 15 is 0 Å². The molecule has 0 fully saturated rings. The molecule has 0 saturated heterocycles. The van der Waals surface area contributed by atoms with Crippen LogP contribution in [0.25, 0.3) is 11.2 Å². The van der Waals surface area contributed by atoms with Crippen LogP contribution >= 0.6 is 23.4 Å². The first kappa shape index (κ1) is 22.1. The molecule has 0 aliphatic rings. The van der Waals surface area contributed by atoms with Crippen molar-refractivity contribution in [2.45, 2.75) is 24.7 Å². The second kappa shape index (κ2) is 9.07. The molecule has 0 radical (unpaired) electrons. The van der Waals surface area contributed by atoms with Crippen molar-refractivity contribution < 1.29 is 14.6 Å². The van der Waals surface area contributed by atoms with Crippen LogP contribution in [0.4, 0.5) is 0 Å². The molecule has 1 aromatic carbocycles. The van der Waals surface area contributed by atoms with E-state index in [2.05, 4.69) is 4.98 Å². The van der Waals surface area contributed by atoms with Crippen molar-refractivity contribution in [1.82, 2.24) is 18.7 Å². The minimum Gasteiger partial charge on any atom is -0.491 e. The fourth-order valence-corrected chi connectivity index (χ4v) is 3.79. The number of Topliss-reactive ketones (excluding diaryl/α,β-unsaturated/α-hetero) is 1. The number of halogens is 1. The van der Waals surface area contributed by atoms with E-state index < -0.39 is 17.4 Å². The van der Waals surface area contributed by atoms with Crippen LogP contribution in [-0.4, -0.2) is 48.0 Å². The van der Waals surface area contributed by atoms with E-state index in [4.69, 9.17) is 16.3 Å². The van der Waals surface area contributed by atoms with Gasteiger partial charge in [-0.15, -0.1) is 0 Å². The molecule has 30 heavy (non-hydrogen) atoms. The summed E-state index contributed by atoms with van der Waals surface area (Å²) in [6.45, 7) is 1.41. The highest BCUT2D eigenvalue weighted by Crippen LogP contribution is 2.22. The standard InChI is InChI=1S/C19H21ClN4O5S/c1-11(25)10-30-18-21-16-15(17(27)23(3)19(28)22(16)2)24(18)8-13(26)9-29-14-6-4-12(20)5-7-14/h4-7,13,26H,8-10H2,1-3H3/t13-/m1/s1. The molecule has 3 rings (SSSR count). The first-order chi connectivity index (χ1) is 14.2. The molecule has 9 nitrogen and oxygen atoms in total. The SMILES string of the molecule is CC(=O)CSc1nc2c(c(=O)n(C)c(=O)n2C)n1C[C@@H](O)COc1ccc(Cl)cc1. The van der Waals surface area contributed by atoms with Crippen LogP contribution in [0, 0.1) is 0 Å². The number of imidazole rings is 1. The Balaban J connectivity index is 1.94. The monoisotopic (exact) mass is 452 g/mol. The highest BCUT2D eigenvalue weighted by atomic mass is 35.5. The van der Waals surface area contributed by atoms with Gasteiger partial charge in [0.1, 0.15) is 24.2 Å². The summed E-state index contributed by atoms with van der Waals surface area (Å²) in [5.41, 5.74) is -0.663. The molecule has 11 heteroatoms. The molecule has 2 aromatic heterocycles. The van der Waals surface area contributed by atoms with Gasteiger partial charge in [-0.05, 0) is 31.2 Å². The summed E-state index contributed by atoms with van der Waals surface area (Å²) in [6.07, 6.45) is -0.975. The summed E-state index contributed by atoms with van der Waals surface area (Å²) < 4.78 is 9.35. The number of carbonyl (C=O) groups excluding carboxylic acids is 1. The maximum Gasteiger partial charge on any atom is 0.332 e. The first-order valence-electron chi connectivity index (χ1n) is 9.04. The highest BCUT2D eigenvalue weighted by Gasteiger charge is 2.21. The van der Waals surface area contributed by atoms with Crippen LogP contribution in [-0.2, 0) is 25.4 Å². The fraction of sp³-hybridized carbons (Fsp3) is 0.368. The number of rotatable bonds is 8. The Morgan fingerprint density at radius 2 is 1.90 bits per heavy atom. The van der Waals surface area contributed by atoms with E-state index in [9.17, 15) is 19.5 Å². The summed E-state index contributed by atoms with van der Waals surface area (Å²) in [5.74, 6) is 0.625. The number of ether oxygens (including phenoxy) is 1. The zero-order valence-electron chi connectivity index (χ0n) is 16.7. The topological polar surface area (TPSA) is 108 Å². The third-order valence-corrected chi connectivity index (χ3v) is 5.74. The van der Waals surface area contributed by atoms with Gasteiger partial charge in [-0.2, -0.15) is 0 Å². The zero-order valence-corrected chi connectivity index (χ0v) is 18.2. The molecular weight excluding hydrogens is 432 g/mol. The number of nitrogens with zero attached hydrogens (tertiary/aromatic N) is 4. The molecule has 0 saturated carbocycles. The van der Waals surface area contributed by atoms with Crippen LogP contribution in [0.2, 0.25) is 5.02 Å². The summed E-state index contributed by atoms with van der Waals surface area (Å²) in [7, 11) is 2.89. The van der Waals surface area contributed by atoms with Crippen molar-refractivity contribution in [3.05, 3.63) is 50.1 Å². The number of aryl methyl sites for hydroxylation is 1. The number of hydrogen-bond acceptors (Lipinski definition) is 7.